The summed E-state index contributed by atoms with van der Waals surface area (Å²) < 4.78 is 1.99. The summed E-state index contributed by atoms with van der Waals surface area (Å²) in [6, 6.07) is 15.3. The van der Waals surface area contributed by atoms with Crippen molar-refractivity contribution < 1.29 is 0 Å². The number of halogens is 2. The third-order valence-corrected chi connectivity index (χ3v) is 3.76. The number of aromatic nitrogens is 2. The largest absolute Gasteiger partial charge is 0.372 e. The van der Waals surface area contributed by atoms with E-state index < -0.39 is 0 Å². The van der Waals surface area contributed by atoms with Crippen LogP contribution in [0, 0.1) is 0 Å². The molecule has 3 rings (SSSR count). The highest BCUT2D eigenvalue weighted by atomic mass is 35.5. The van der Waals surface area contributed by atoms with Crippen molar-refractivity contribution in [1.82, 2.24) is 9.55 Å². The van der Waals surface area contributed by atoms with E-state index >= 15 is 0 Å². The van der Waals surface area contributed by atoms with Crippen molar-refractivity contribution in [2.75, 3.05) is 12.4 Å². The molecule has 0 spiro atoms. The van der Waals surface area contributed by atoms with Crippen LogP contribution in [0.1, 0.15) is 0 Å². The van der Waals surface area contributed by atoms with Crippen molar-refractivity contribution in [1.29, 1.82) is 0 Å². The van der Waals surface area contributed by atoms with Crippen LogP contribution in [0.2, 0.25) is 10.0 Å². The average Bonchev–Trinajstić information content (AvgIpc) is 2.92. The number of nitrogens with zero attached hydrogens (tertiary/aromatic N) is 2. The van der Waals surface area contributed by atoms with E-state index in [-0.39, 0.29) is 0 Å². The molecular formula is C16H13Cl2N3. The van der Waals surface area contributed by atoms with E-state index in [1.807, 2.05) is 66.3 Å². The van der Waals surface area contributed by atoms with E-state index in [2.05, 4.69) is 10.3 Å². The second-order valence-electron chi connectivity index (χ2n) is 4.53. The zero-order chi connectivity index (χ0) is 14.8. The van der Waals surface area contributed by atoms with Crippen molar-refractivity contribution in [2.45, 2.75) is 0 Å². The topological polar surface area (TPSA) is 29.9 Å². The van der Waals surface area contributed by atoms with Crippen molar-refractivity contribution in [3.8, 4) is 17.1 Å². The molecule has 0 saturated heterocycles. The van der Waals surface area contributed by atoms with E-state index in [1.165, 1.54) is 0 Å². The monoisotopic (exact) mass is 317 g/mol. The second-order valence-corrected chi connectivity index (χ2v) is 5.37. The Bertz CT molecular complexity index is 763. The Morgan fingerprint density at radius 1 is 1.00 bits per heavy atom. The van der Waals surface area contributed by atoms with Crippen molar-refractivity contribution in [2.24, 2.45) is 0 Å². The Balaban J connectivity index is 2.19. The first-order valence-corrected chi connectivity index (χ1v) is 7.22. The Hall–Kier alpha value is -1.97. The minimum absolute atomic E-state index is 0.668. The average molecular weight is 318 g/mol. The second kappa shape index (κ2) is 5.80. The standard InChI is InChI=1S/C16H13Cl2N3/c1-19-15-10-21(12-8-6-11(17)7-9-12)16(20-15)13-4-2-3-5-14(13)18/h2-10,19H,1H3. The van der Waals surface area contributed by atoms with Gasteiger partial charge in [0.15, 0.2) is 0 Å². The summed E-state index contributed by atoms with van der Waals surface area (Å²) in [5, 5.41) is 4.43. The fourth-order valence-electron chi connectivity index (χ4n) is 2.13. The minimum Gasteiger partial charge on any atom is -0.372 e. The Morgan fingerprint density at radius 2 is 1.71 bits per heavy atom. The van der Waals surface area contributed by atoms with Gasteiger partial charge in [-0.2, -0.15) is 0 Å². The maximum atomic E-state index is 6.30. The molecule has 2 aromatic carbocycles. The number of benzene rings is 2. The van der Waals surface area contributed by atoms with Crippen LogP contribution in [0.5, 0.6) is 0 Å². The fourth-order valence-corrected chi connectivity index (χ4v) is 2.48. The molecule has 21 heavy (non-hydrogen) atoms. The van der Waals surface area contributed by atoms with Gasteiger partial charge in [-0.15, -0.1) is 0 Å². The normalized spacial score (nSPS) is 10.6. The highest BCUT2D eigenvalue weighted by molar-refractivity contribution is 6.33. The summed E-state index contributed by atoms with van der Waals surface area (Å²) in [5.74, 6) is 1.56. The fraction of sp³-hybridized carbons (Fsp3) is 0.0625. The van der Waals surface area contributed by atoms with Gasteiger partial charge >= 0.3 is 0 Å². The van der Waals surface area contributed by atoms with Crippen LogP contribution in [0.25, 0.3) is 17.1 Å². The van der Waals surface area contributed by atoms with Crippen LogP contribution in [-0.4, -0.2) is 16.6 Å². The SMILES string of the molecule is CNc1cn(-c2ccc(Cl)cc2)c(-c2ccccc2Cl)n1. The minimum atomic E-state index is 0.668. The molecule has 0 fully saturated rings. The zero-order valence-corrected chi connectivity index (χ0v) is 12.9. The zero-order valence-electron chi connectivity index (χ0n) is 11.3. The van der Waals surface area contributed by atoms with Crippen molar-refractivity contribution in [3.05, 3.63) is 64.8 Å². The summed E-state index contributed by atoms with van der Waals surface area (Å²) in [6.07, 6.45) is 1.93. The van der Waals surface area contributed by atoms with Gasteiger partial charge in [-0.3, -0.25) is 4.57 Å². The molecule has 0 saturated carbocycles. The molecule has 5 heteroatoms. The van der Waals surface area contributed by atoms with E-state index in [9.17, 15) is 0 Å². The van der Waals surface area contributed by atoms with E-state index in [1.54, 1.807) is 0 Å². The lowest BCUT2D eigenvalue weighted by Crippen LogP contribution is -1.96. The molecule has 0 bridgehead atoms. The third kappa shape index (κ3) is 2.75. The van der Waals surface area contributed by atoms with Gasteiger partial charge in [0, 0.05) is 23.3 Å². The highest BCUT2D eigenvalue weighted by Crippen LogP contribution is 2.30. The van der Waals surface area contributed by atoms with Crippen molar-refractivity contribution in [3.63, 3.8) is 0 Å². The molecular weight excluding hydrogens is 305 g/mol. The molecule has 3 nitrogen and oxygen atoms in total. The van der Waals surface area contributed by atoms with Crippen LogP contribution in [0.4, 0.5) is 5.82 Å². The summed E-state index contributed by atoms with van der Waals surface area (Å²) in [4.78, 5) is 4.59. The number of rotatable bonds is 3. The van der Waals surface area contributed by atoms with E-state index in [0.717, 1.165) is 22.9 Å². The molecule has 0 unspecified atom stereocenters. The quantitative estimate of drug-likeness (QED) is 0.745. The summed E-state index contributed by atoms with van der Waals surface area (Å²) in [6.45, 7) is 0. The van der Waals surface area contributed by atoms with Gasteiger partial charge in [0.05, 0.1) is 11.2 Å². The van der Waals surface area contributed by atoms with Gasteiger partial charge in [-0.1, -0.05) is 35.3 Å². The number of hydrogen-bond donors (Lipinski definition) is 1. The molecule has 0 aliphatic heterocycles. The van der Waals surface area contributed by atoms with Crippen LogP contribution < -0.4 is 5.32 Å². The lowest BCUT2D eigenvalue weighted by molar-refractivity contribution is 1.07. The Labute approximate surface area is 133 Å². The van der Waals surface area contributed by atoms with Crippen molar-refractivity contribution >= 4 is 29.0 Å². The summed E-state index contributed by atoms with van der Waals surface area (Å²) in [7, 11) is 1.84. The maximum absolute atomic E-state index is 6.30. The maximum Gasteiger partial charge on any atom is 0.148 e. The summed E-state index contributed by atoms with van der Waals surface area (Å²) in [5.41, 5.74) is 1.86. The van der Waals surface area contributed by atoms with Crippen LogP contribution >= 0.6 is 23.2 Å². The Morgan fingerprint density at radius 3 is 2.38 bits per heavy atom. The third-order valence-electron chi connectivity index (χ3n) is 3.18. The van der Waals surface area contributed by atoms with Crippen LogP contribution in [-0.2, 0) is 0 Å². The molecule has 0 radical (unpaired) electrons. The molecule has 0 amide bonds. The first kappa shape index (κ1) is 14.0. The Kier molecular flexibility index (Phi) is 3.86. The molecule has 0 aliphatic rings. The van der Waals surface area contributed by atoms with Crippen LogP contribution in [0.3, 0.4) is 0 Å². The predicted molar refractivity (Wildman–Crippen MR) is 88.6 cm³/mol. The molecule has 0 atom stereocenters. The number of nitrogens with one attached hydrogen (secondary N) is 1. The smallest absolute Gasteiger partial charge is 0.148 e. The van der Waals surface area contributed by atoms with Gasteiger partial charge in [-0.25, -0.2) is 4.98 Å². The van der Waals surface area contributed by atoms with E-state index in [4.69, 9.17) is 23.2 Å². The van der Waals surface area contributed by atoms with E-state index in [0.29, 0.717) is 10.0 Å². The number of imidazole rings is 1. The molecule has 1 heterocycles. The van der Waals surface area contributed by atoms with Gasteiger partial charge in [-0.05, 0) is 36.4 Å². The first-order valence-electron chi connectivity index (χ1n) is 6.47. The first-order chi connectivity index (χ1) is 10.2. The highest BCUT2D eigenvalue weighted by Gasteiger charge is 2.13. The lowest BCUT2D eigenvalue weighted by Gasteiger charge is -2.09. The number of hydrogen-bond acceptors (Lipinski definition) is 2. The number of anilines is 1. The van der Waals surface area contributed by atoms with Gasteiger partial charge in [0.1, 0.15) is 11.6 Å². The molecule has 3 aromatic rings. The van der Waals surface area contributed by atoms with Gasteiger partial charge < -0.3 is 5.32 Å². The van der Waals surface area contributed by atoms with Gasteiger partial charge in [0.2, 0.25) is 0 Å². The molecule has 106 valence electrons. The molecule has 1 N–H and O–H groups in total. The van der Waals surface area contributed by atoms with Crippen LogP contribution in [0.15, 0.2) is 54.7 Å². The van der Waals surface area contributed by atoms with Gasteiger partial charge in [0.25, 0.3) is 0 Å². The summed E-state index contributed by atoms with van der Waals surface area (Å²) >= 11 is 12.3. The molecule has 1 aromatic heterocycles. The molecule has 0 aliphatic carbocycles. The predicted octanol–water partition coefficient (Wildman–Crippen LogP) is 4.89. The lowest BCUT2D eigenvalue weighted by atomic mass is 10.2.